The van der Waals surface area contributed by atoms with Crippen LogP contribution in [0.5, 0.6) is 0 Å². The quantitative estimate of drug-likeness (QED) is 0.838. The third-order valence-electron chi connectivity index (χ3n) is 4.84. The summed E-state index contributed by atoms with van der Waals surface area (Å²) in [6.45, 7) is 3.05. The van der Waals surface area contributed by atoms with Gasteiger partial charge in [-0.05, 0) is 55.9 Å². The lowest BCUT2D eigenvalue weighted by Crippen LogP contribution is -2.48. The first-order chi connectivity index (χ1) is 9.42. The zero-order chi connectivity index (χ0) is 12.7. The van der Waals surface area contributed by atoms with E-state index in [1.54, 1.807) is 0 Å². The molecule has 2 aliphatic heterocycles. The van der Waals surface area contributed by atoms with Crippen molar-refractivity contribution in [3.8, 4) is 0 Å². The van der Waals surface area contributed by atoms with Crippen molar-refractivity contribution in [2.45, 2.75) is 44.2 Å². The Hall–Kier alpha value is -1.22. The van der Waals surface area contributed by atoms with Gasteiger partial charge in [-0.2, -0.15) is 0 Å². The largest absolute Gasteiger partial charge is 0.385 e. The smallest absolute Gasteiger partial charge is 0.0779 e. The molecule has 19 heavy (non-hydrogen) atoms. The van der Waals surface area contributed by atoms with Gasteiger partial charge in [0.15, 0.2) is 0 Å². The zero-order valence-electron chi connectivity index (χ0n) is 11.4. The van der Waals surface area contributed by atoms with Crippen LogP contribution in [0.3, 0.4) is 0 Å². The normalized spacial score (nSPS) is 29.6. The SMILES string of the molecule is c1cc2c(cc1N1CCOC3CCCC31)CCCN2. The van der Waals surface area contributed by atoms with Crippen LogP contribution in [0.4, 0.5) is 11.4 Å². The van der Waals surface area contributed by atoms with Crippen LogP contribution >= 0.6 is 0 Å². The molecule has 1 aromatic carbocycles. The van der Waals surface area contributed by atoms with E-state index >= 15 is 0 Å². The second kappa shape index (κ2) is 4.71. The number of morpholine rings is 1. The minimum absolute atomic E-state index is 0.475. The molecule has 1 aliphatic carbocycles. The fourth-order valence-electron chi connectivity index (χ4n) is 3.89. The van der Waals surface area contributed by atoms with Gasteiger partial charge in [-0.1, -0.05) is 0 Å². The van der Waals surface area contributed by atoms with Crippen LogP contribution in [0.25, 0.3) is 0 Å². The van der Waals surface area contributed by atoms with Gasteiger partial charge in [0.25, 0.3) is 0 Å². The lowest BCUT2D eigenvalue weighted by molar-refractivity contribution is 0.0256. The molecule has 1 N–H and O–H groups in total. The molecule has 0 bridgehead atoms. The maximum Gasteiger partial charge on any atom is 0.0779 e. The second-order valence-corrected chi connectivity index (χ2v) is 5.97. The van der Waals surface area contributed by atoms with Crippen molar-refractivity contribution in [3.63, 3.8) is 0 Å². The molecule has 2 unspecified atom stereocenters. The molecule has 2 fully saturated rings. The average molecular weight is 258 g/mol. The second-order valence-electron chi connectivity index (χ2n) is 5.97. The van der Waals surface area contributed by atoms with Crippen LogP contribution in [0.1, 0.15) is 31.2 Å². The number of nitrogens with one attached hydrogen (secondary N) is 1. The first kappa shape index (κ1) is 11.6. The molecule has 1 saturated heterocycles. The summed E-state index contributed by atoms with van der Waals surface area (Å²) in [5, 5.41) is 3.50. The molecule has 0 amide bonds. The Bertz CT molecular complexity index is 474. The highest BCUT2D eigenvalue weighted by molar-refractivity contribution is 5.62. The lowest BCUT2D eigenvalue weighted by atomic mass is 10.0. The summed E-state index contributed by atoms with van der Waals surface area (Å²) < 4.78 is 5.91. The first-order valence-electron chi connectivity index (χ1n) is 7.67. The summed E-state index contributed by atoms with van der Waals surface area (Å²) >= 11 is 0. The number of benzene rings is 1. The molecule has 4 rings (SSSR count). The standard InChI is InChI=1S/C16H22N2O/c1-4-15-16(5-1)19-10-9-18(15)13-6-7-14-12(11-13)3-2-8-17-14/h6-7,11,15-17H,1-5,8-10H2. The number of fused-ring (bicyclic) bond motifs is 2. The monoisotopic (exact) mass is 258 g/mol. The predicted molar refractivity (Wildman–Crippen MR) is 78.0 cm³/mol. The van der Waals surface area contributed by atoms with E-state index < -0.39 is 0 Å². The summed E-state index contributed by atoms with van der Waals surface area (Å²) in [7, 11) is 0. The summed E-state index contributed by atoms with van der Waals surface area (Å²) in [6, 6.07) is 7.58. The minimum atomic E-state index is 0.475. The summed E-state index contributed by atoms with van der Waals surface area (Å²) in [5.74, 6) is 0. The van der Waals surface area contributed by atoms with Crippen molar-refractivity contribution >= 4 is 11.4 Å². The Labute approximate surface area is 114 Å². The third kappa shape index (κ3) is 2.00. The maximum atomic E-state index is 5.91. The van der Waals surface area contributed by atoms with Gasteiger partial charge in [0.2, 0.25) is 0 Å². The van der Waals surface area contributed by atoms with Gasteiger partial charge in [0.1, 0.15) is 0 Å². The van der Waals surface area contributed by atoms with E-state index in [4.69, 9.17) is 4.74 Å². The van der Waals surface area contributed by atoms with Crippen LogP contribution in [0.15, 0.2) is 18.2 Å². The van der Waals surface area contributed by atoms with Gasteiger partial charge in [-0.15, -0.1) is 0 Å². The van der Waals surface area contributed by atoms with Gasteiger partial charge < -0.3 is 15.0 Å². The molecular weight excluding hydrogens is 236 g/mol. The van der Waals surface area contributed by atoms with E-state index in [1.165, 1.54) is 49.0 Å². The molecule has 2 heterocycles. The van der Waals surface area contributed by atoms with Gasteiger partial charge in [0.05, 0.1) is 18.8 Å². The average Bonchev–Trinajstić information content (AvgIpc) is 2.95. The van der Waals surface area contributed by atoms with Crippen molar-refractivity contribution in [1.29, 1.82) is 0 Å². The van der Waals surface area contributed by atoms with Crippen LogP contribution in [-0.4, -0.2) is 31.8 Å². The van der Waals surface area contributed by atoms with Crippen LogP contribution in [0, 0.1) is 0 Å². The lowest BCUT2D eigenvalue weighted by Gasteiger charge is -2.39. The van der Waals surface area contributed by atoms with Crippen molar-refractivity contribution in [2.75, 3.05) is 29.9 Å². The number of rotatable bonds is 1. The Balaban J connectivity index is 1.64. The van der Waals surface area contributed by atoms with E-state index in [0.717, 1.165) is 19.7 Å². The van der Waals surface area contributed by atoms with Gasteiger partial charge in [-0.25, -0.2) is 0 Å². The molecule has 3 nitrogen and oxygen atoms in total. The van der Waals surface area contributed by atoms with Crippen molar-refractivity contribution < 1.29 is 4.74 Å². The number of ether oxygens (including phenoxy) is 1. The van der Waals surface area contributed by atoms with Crippen LogP contribution in [-0.2, 0) is 11.2 Å². The molecule has 0 radical (unpaired) electrons. The highest BCUT2D eigenvalue weighted by atomic mass is 16.5. The van der Waals surface area contributed by atoms with E-state index in [9.17, 15) is 0 Å². The number of hydrogen-bond donors (Lipinski definition) is 1. The van der Waals surface area contributed by atoms with Gasteiger partial charge in [-0.3, -0.25) is 0 Å². The Morgan fingerprint density at radius 3 is 3.21 bits per heavy atom. The topological polar surface area (TPSA) is 24.5 Å². The predicted octanol–water partition coefficient (Wildman–Crippen LogP) is 2.80. The summed E-state index contributed by atoms with van der Waals surface area (Å²) in [6.07, 6.45) is 6.80. The van der Waals surface area contributed by atoms with Crippen LogP contribution < -0.4 is 10.2 Å². The van der Waals surface area contributed by atoms with Crippen molar-refractivity contribution in [1.82, 2.24) is 0 Å². The maximum absolute atomic E-state index is 5.91. The Morgan fingerprint density at radius 2 is 2.21 bits per heavy atom. The van der Waals surface area contributed by atoms with Crippen molar-refractivity contribution in [2.24, 2.45) is 0 Å². The number of aryl methyl sites for hydroxylation is 1. The van der Waals surface area contributed by atoms with Gasteiger partial charge >= 0.3 is 0 Å². The highest BCUT2D eigenvalue weighted by Gasteiger charge is 2.36. The fraction of sp³-hybridized carbons (Fsp3) is 0.625. The molecule has 1 aromatic rings. The molecule has 0 aromatic heterocycles. The number of nitrogens with zero attached hydrogens (tertiary/aromatic N) is 1. The van der Waals surface area contributed by atoms with E-state index in [1.807, 2.05) is 0 Å². The summed E-state index contributed by atoms with van der Waals surface area (Å²) in [4.78, 5) is 2.59. The van der Waals surface area contributed by atoms with E-state index in [-0.39, 0.29) is 0 Å². The number of hydrogen-bond acceptors (Lipinski definition) is 3. The molecule has 102 valence electrons. The number of anilines is 2. The van der Waals surface area contributed by atoms with E-state index in [2.05, 4.69) is 28.4 Å². The molecule has 3 heteroatoms. The van der Waals surface area contributed by atoms with Crippen molar-refractivity contribution in [3.05, 3.63) is 23.8 Å². The molecule has 1 saturated carbocycles. The first-order valence-corrected chi connectivity index (χ1v) is 7.67. The highest BCUT2D eigenvalue weighted by Crippen LogP contribution is 2.35. The third-order valence-corrected chi connectivity index (χ3v) is 4.84. The Morgan fingerprint density at radius 1 is 1.21 bits per heavy atom. The van der Waals surface area contributed by atoms with Crippen LogP contribution in [0.2, 0.25) is 0 Å². The summed E-state index contributed by atoms with van der Waals surface area (Å²) in [5.41, 5.74) is 4.23. The zero-order valence-corrected chi connectivity index (χ0v) is 11.4. The minimum Gasteiger partial charge on any atom is -0.385 e. The van der Waals surface area contributed by atoms with E-state index in [0.29, 0.717) is 12.1 Å². The Kier molecular flexibility index (Phi) is 2.87. The molecule has 3 aliphatic rings. The fourth-order valence-corrected chi connectivity index (χ4v) is 3.89. The molecular formula is C16H22N2O. The molecule has 0 spiro atoms. The molecule has 2 atom stereocenters. The van der Waals surface area contributed by atoms with Gasteiger partial charge in [0, 0.05) is 24.5 Å².